The van der Waals surface area contributed by atoms with E-state index in [2.05, 4.69) is 0 Å². The Balaban J connectivity index is 2.23. The molecule has 0 aromatic carbocycles. The fourth-order valence-corrected chi connectivity index (χ4v) is 2.40. The second-order valence-electron chi connectivity index (χ2n) is 5.36. The summed E-state index contributed by atoms with van der Waals surface area (Å²) in [6.45, 7) is -0.528. The Kier molecular flexibility index (Phi) is 3.75. The lowest BCUT2D eigenvalue weighted by molar-refractivity contribution is -0.254. The summed E-state index contributed by atoms with van der Waals surface area (Å²) in [7, 11) is 2.77. The molecule has 1 aromatic heterocycles. The highest BCUT2D eigenvalue weighted by Crippen LogP contribution is 2.37. The van der Waals surface area contributed by atoms with Crippen LogP contribution >= 0.6 is 0 Å². The van der Waals surface area contributed by atoms with Gasteiger partial charge in [0.1, 0.15) is 0 Å². The van der Waals surface area contributed by atoms with Gasteiger partial charge in [0, 0.05) is 45.5 Å². The van der Waals surface area contributed by atoms with Crippen LogP contribution in [0.4, 0.5) is 13.2 Å². The van der Waals surface area contributed by atoms with Gasteiger partial charge in [-0.2, -0.15) is 13.2 Å². The van der Waals surface area contributed by atoms with Crippen molar-refractivity contribution in [2.75, 3.05) is 13.1 Å². The number of β-amino-alcohol motifs (C(OH)–C–C–N with tert-alkyl or cyclic N) is 1. The van der Waals surface area contributed by atoms with Gasteiger partial charge in [-0.1, -0.05) is 0 Å². The van der Waals surface area contributed by atoms with Gasteiger partial charge in [0.15, 0.2) is 5.60 Å². The maximum atomic E-state index is 12.7. The molecule has 9 heteroatoms. The Morgan fingerprint density at radius 3 is 2.43 bits per heavy atom. The molecule has 2 heterocycles. The van der Waals surface area contributed by atoms with E-state index in [0.717, 1.165) is 4.57 Å². The van der Waals surface area contributed by atoms with E-state index >= 15 is 0 Å². The highest BCUT2D eigenvalue weighted by Gasteiger charge is 2.56. The van der Waals surface area contributed by atoms with Gasteiger partial charge in [0.05, 0.1) is 0 Å². The highest BCUT2D eigenvalue weighted by atomic mass is 19.4. The van der Waals surface area contributed by atoms with Gasteiger partial charge in [-0.15, -0.1) is 0 Å². The van der Waals surface area contributed by atoms with Crippen molar-refractivity contribution in [3.8, 4) is 0 Å². The Morgan fingerprint density at radius 1 is 1.29 bits per heavy atom. The third kappa shape index (κ3) is 2.75. The fourth-order valence-electron chi connectivity index (χ4n) is 2.40. The number of halogens is 3. The monoisotopic (exact) mass is 307 g/mol. The molecule has 0 saturated carbocycles. The van der Waals surface area contributed by atoms with Crippen LogP contribution in [0.15, 0.2) is 15.7 Å². The second-order valence-corrected chi connectivity index (χ2v) is 5.36. The Labute approximate surface area is 118 Å². The van der Waals surface area contributed by atoms with E-state index in [0.29, 0.717) is 5.69 Å². The first kappa shape index (κ1) is 15.8. The average molecular weight is 307 g/mol. The number of nitrogens with zero attached hydrogens (tertiary/aromatic N) is 3. The SMILES string of the molecule is Cn1c(CN2CCC(O)(C(F)(F)F)C2)cc(=O)n(C)c1=O. The molecule has 1 aromatic rings. The number of aromatic nitrogens is 2. The van der Waals surface area contributed by atoms with Gasteiger partial charge in [-0.05, 0) is 6.42 Å². The zero-order valence-corrected chi connectivity index (χ0v) is 11.6. The summed E-state index contributed by atoms with van der Waals surface area (Å²) < 4.78 is 40.3. The number of hydrogen-bond acceptors (Lipinski definition) is 4. The molecule has 0 radical (unpaired) electrons. The Bertz CT molecular complexity index is 664. The van der Waals surface area contributed by atoms with Gasteiger partial charge in [-0.25, -0.2) is 4.79 Å². The molecule has 1 atom stereocenters. The van der Waals surface area contributed by atoms with Crippen LogP contribution in [0.5, 0.6) is 0 Å². The van der Waals surface area contributed by atoms with Crippen molar-refractivity contribution in [1.29, 1.82) is 0 Å². The normalized spacial score (nSPS) is 23.7. The van der Waals surface area contributed by atoms with Gasteiger partial charge in [0.25, 0.3) is 5.56 Å². The Hall–Kier alpha value is -1.61. The smallest absolute Gasteiger partial charge is 0.379 e. The largest absolute Gasteiger partial charge is 0.418 e. The lowest BCUT2D eigenvalue weighted by atomic mass is 10.0. The molecule has 2 rings (SSSR count). The van der Waals surface area contributed by atoms with Gasteiger partial charge in [0.2, 0.25) is 0 Å². The molecule has 0 spiro atoms. The molecule has 1 aliphatic heterocycles. The van der Waals surface area contributed by atoms with Gasteiger partial charge in [-0.3, -0.25) is 18.8 Å². The van der Waals surface area contributed by atoms with E-state index in [1.165, 1.54) is 29.6 Å². The average Bonchev–Trinajstić information content (AvgIpc) is 2.76. The van der Waals surface area contributed by atoms with Crippen LogP contribution in [-0.4, -0.2) is 44.0 Å². The van der Waals surface area contributed by atoms with E-state index in [1.807, 2.05) is 0 Å². The van der Waals surface area contributed by atoms with Crippen LogP contribution in [0.1, 0.15) is 12.1 Å². The molecule has 1 fully saturated rings. The maximum absolute atomic E-state index is 12.7. The molecule has 21 heavy (non-hydrogen) atoms. The molecule has 1 aliphatic rings. The van der Waals surface area contributed by atoms with E-state index < -0.39 is 36.0 Å². The van der Waals surface area contributed by atoms with Crippen molar-refractivity contribution in [2.45, 2.75) is 24.7 Å². The number of aliphatic hydroxyl groups is 1. The van der Waals surface area contributed by atoms with E-state index in [1.54, 1.807) is 0 Å². The zero-order valence-electron chi connectivity index (χ0n) is 11.6. The van der Waals surface area contributed by atoms with Gasteiger partial charge >= 0.3 is 11.9 Å². The molecule has 1 N–H and O–H groups in total. The first-order valence-corrected chi connectivity index (χ1v) is 6.32. The molecule has 1 unspecified atom stereocenters. The predicted octanol–water partition coefficient (Wildman–Crippen LogP) is -0.417. The first-order valence-electron chi connectivity index (χ1n) is 6.32. The van der Waals surface area contributed by atoms with Crippen molar-refractivity contribution in [1.82, 2.24) is 14.0 Å². The summed E-state index contributed by atoms with van der Waals surface area (Å²) in [6.07, 6.45) is -5.12. The van der Waals surface area contributed by atoms with E-state index in [9.17, 15) is 27.9 Å². The topological polar surface area (TPSA) is 67.5 Å². The molecule has 0 amide bonds. The van der Waals surface area contributed by atoms with Crippen LogP contribution in [0.2, 0.25) is 0 Å². The third-order valence-electron chi connectivity index (χ3n) is 3.87. The molecular weight excluding hydrogens is 291 g/mol. The highest BCUT2D eigenvalue weighted by molar-refractivity contribution is 5.04. The quantitative estimate of drug-likeness (QED) is 0.806. The summed E-state index contributed by atoms with van der Waals surface area (Å²) in [4.78, 5) is 24.7. The van der Waals surface area contributed by atoms with Crippen molar-refractivity contribution in [3.05, 3.63) is 32.6 Å². The molecule has 118 valence electrons. The van der Waals surface area contributed by atoms with Crippen molar-refractivity contribution in [3.63, 3.8) is 0 Å². The fraction of sp³-hybridized carbons (Fsp3) is 0.667. The molecular formula is C12H16F3N3O3. The molecule has 0 aliphatic carbocycles. The van der Waals surface area contributed by atoms with Crippen LogP contribution in [0, 0.1) is 0 Å². The standard InChI is InChI=1S/C12H16F3N3O3/c1-16-8(5-9(19)17(2)10(16)20)6-18-4-3-11(21,7-18)12(13,14)15/h5,21H,3-4,6-7H2,1-2H3. The predicted molar refractivity (Wildman–Crippen MR) is 67.8 cm³/mol. The summed E-state index contributed by atoms with van der Waals surface area (Å²) in [5.41, 5.74) is -3.47. The van der Waals surface area contributed by atoms with E-state index in [4.69, 9.17) is 0 Å². The van der Waals surface area contributed by atoms with Crippen LogP contribution in [-0.2, 0) is 20.6 Å². The second kappa shape index (κ2) is 4.99. The number of hydrogen-bond donors (Lipinski definition) is 1. The number of alkyl halides is 3. The lowest BCUT2D eigenvalue weighted by Crippen LogP contribution is -2.47. The van der Waals surface area contributed by atoms with Crippen molar-refractivity contribution in [2.24, 2.45) is 14.1 Å². The minimum Gasteiger partial charge on any atom is -0.379 e. The molecule has 1 saturated heterocycles. The summed E-state index contributed by atoms with van der Waals surface area (Å²) in [5, 5.41) is 9.60. The third-order valence-corrected chi connectivity index (χ3v) is 3.87. The number of rotatable bonds is 2. The van der Waals surface area contributed by atoms with Gasteiger partial charge < -0.3 is 5.11 Å². The van der Waals surface area contributed by atoms with Crippen LogP contribution in [0.3, 0.4) is 0 Å². The van der Waals surface area contributed by atoms with Crippen LogP contribution < -0.4 is 11.2 Å². The van der Waals surface area contributed by atoms with Crippen molar-refractivity contribution >= 4 is 0 Å². The summed E-state index contributed by atoms with van der Waals surface area (Å²) >= 11 is 0. The van der Waals surface area contributed by atoms with Crippen LogP contribution in [0.25, 0.3) is 0 Å². The van der Waals surface area contributed by atoms with Crippen molar-refractivity contribution < 1.29 is 18.3 Å². The van der Waals surface area contributed by atoms with E-state index in [-0.39, 0.29) is 13.1 Å². The lowest BCUT2D eigenvalue weighted by Gasteiger charge is -2.26. The molecule has 6 nitrogen and oxygen atoms in total. The molecule has 0 bridgehead atoms. The zero-order chi connectivity index (χ0) is 16.0. The summed E-state index contributed by atoms with van der Waals surface area (Å²) in [5.74, 6) is 0. The Morgan fingerprint density at radius 2 is 1.90 bits per heavy atom. The first-order chi connectivity index (χ1) is 9.55. The summed E-state index contributed by atoms with van der Waals surface area (Å²) in [6, 6.07) is 1.21. The maximum Gasteiger partial charge on any atom is 0.418 e. The minimum absolute atomic E-state index is 0.000208. The number of likely N-dealkylation sites (tertiary alicyclic amines) is 1. The minimum atomic E-state index is -4.69.